The standard InChI is InChI=1S/C56H69N5O14/c1-31(2)58-45(67)17-16-44(66)57-25-46(68)60-40(15-18-47(69)70)49(71)59-36-12-7-33(8-13-36)27-73-51(72)61-55-28-54(29-55,30-55)23-32-5-9-34(10-6-32)50-74-43-22-39-38-14-11-35-21-37(63)19-20-52(35,3)48(38)41(64)24-53(39,4)56(43,75-50)42(65)26-62/h5-10,12-13,19-21,31,38-41,43,48,50,62,64H,11,14-18,22-30H2,1-4H3,(H,57,66)(H,58,67)(H,59,71)(H,60,68)(H,61,72)(H,69,70)/t38-,39-,40-,41-,43+,48+,50+,52-,53-,54?,55?,56+/m0/s1. The van der Waals surface area contributed by atoms with Gasteiger partial charge < -0.3 is 56.1 Å². The summed E-state index contributed by atoms with van der Waals surface area (Å²) < 4.78 is 19.0. The number of benzene rings is 2. The molecule has 2 bridgehead atoms. The maximum atomic E-state index is 14.0. The van der Waals surface area contributed by atoms with Gasteiger partial charge in [0.05, 0.1) is 18.8 Å². The number of carbonyl (C=O) groups excluding carboxylic acids is 7. The number of ether oxygens (including phenoxy) is 3. The quantitative estimate of drug-likeness (QED) is 0.0914. The monoisotopic (exact) mass is 1040 g/mol. The van der Waals surface area contributed by atoms with Gasteiger partial charge in [0.1, 0.15) is 19.3 Å². The number of aliphatic carboxylic acids is 1. The first-order valence-corrected chi connectivity index (χ1v) is 26.2. The highest BCUT2D eigenvalue weighted by Crippen LogP contribution is 2.71. The minimum Gasteiger partial charge on any atom is -0.481 e. The van der Waals surface area contributed by atoms with Crippen LogP contribution in [-0.2, 0) is 60.8 Å². The number of Topliss-reactive ketones (excluding diaryl/α,β-unsaturated/α-hetero) is 1. The van der Waals surface area contributed by atoms with E-state index in [2.05, 4.69) is 33.5 Å². The average Bonchev–Trinajstić information content (AvgIpc) is 3.89. The van der Waals surface area contributed by atoms with Gasteiger partial charge >= 0.3 is 12.1 Å². The second kappa shape index (κ2) is 20.7. The van der Waals surface area contributed by atoms with Gasteiger partial charge in [-0.3, -0.25) is 33.6 Å². The molecule has 6 saturated carbocycles. The first-order chi connectivity index (χ1) is 35.6. The van der Waals surface area contributed by atoms with Gasteiger partial charge in [-0.05, 0) is 124 Å². The topological polar surface area (TPSA) is 285 Å². The smallest absolute Gasteiger partial charge is 0.407 e. The first-order valence-electron chi connectivity index (χ1n) is 26.2. The summed E-state index contributed by atoms with van der Waals surface area (Å²) in [5.74, 6) is -3.91. The van der Waals surface area contributed by atoms with Crippen LogP contribution in [0.25, 0.3) is 0 Å². The van der Waals surface area contributed by atoms with E-state index in [1.807, 2.05) is 37.3 Å². The zero-order chi connectivity index (χ0) is 53.7. The highest BCUT2D eigenvalue weighted by Gasteiger charge is 2.76. The fourth-order valence-corrected chi connectivity index (χ4v) is 14.4. The molecule has 19 nitrogen and oxygen atoms in total. The van der Waals surface area contributed by atoms with E-state index in [9.17, 15) is 53.7 Å². The summed E-state index contributed by atoms with van der Waals surface area (Å²) in [6.45, 7) is 6.50. The van der Waals surface area contributed by atoms with Crippen molar-refractivity contribution in [2.75, 3.05) is 18.5 Å². The molecule has 5 amide bonds. The van der Waals surface area contributed by atoms with Crippen LogP contribution < -0.4 is 26.6 Å². The first kappa shape index (κ1) is 53.5. The van der Waals surface area contributed by atoms with Gasteiger partial charge in [-0.1, -0.05) is 61.9 Å². The van der Waals surface area contributed by atoms with Gasteiger partial charge in [0.25, 0.3) is 0 Å². The Labute approximate surface area is 435 Å². The molecule has 8 aliphatic rings. The molecule has 402 valence electrons. The van der Waals surface area contributed by atoms with Crippen molar-refractivity contribution >= 4 is 52.9 Å². The van der Waals surface area contributed by atoms with Gasteiger partial charge in [0.15, 0.2) is 23.5 Å². The van der Waals surface area contributed by atoms with E-state index in [1.165, 1.54) is 0 Å². The van der Waals surface area contributed by atoms with E-state index < -0.39 is 96.1 Å². The number of nitrogens with one attached hydrogen (secondary N) is 5. The molecule has 1 heterocycles. The highest BCUT2D eigenvalue weighted by atomic mass is 16.7. The number of carbonyl (C=O) groups is 8. The maximum Gasteiger partial charge on any atom is 0.407 e. The Kier molecular flexibility index (Phi) is 14.8. The van der Waals surface area contributed by atoms with Crippen molar-refractivity contribution in [3.8, 4) is 0 Å². The average molecular weight is 1040 g/mol. The zero-order valence-corrected chi connectivity index (χ0v) is 42.9. The predicted molar refractivity (Wildman–Crippen MR) is 269 cm³/mol. The van der Waals surface area contributed by atoms with Crippen molar-refractivity contribution in [1.82, 2.24) is 21.3 Å². The van der Waals surface area contributed by atoms with Gasteiger partial charge in [0, 0.05) is 58.8 Å². The minimum absolute atomic E-state index is 0.00132. The normalized spacial score (nSPS) is 32.9. The van der Waals surface area contributed by atoms with Crippen LogP contribution in [0.1, 0.15) is 121 Å². The molecule has 1 aliphatic heterocycles. The molecule has 19 heteroatoms. The van der Waals surface area contributed by atoms with Crippen molar-refractivity contribution in [3.63, 3.8) is 0 Å². The minimum atomic E-state index is -1.43. The summed E-state index contributed by atoms with van der Waals surface area (Å²) in [4.78, 5) is 100. The number of ketones is 2. The van der Waals surface area contributed by atoms with Crippen LogP contribution in [0.3, 0.4) is 0 Å². The van der Waals surface area contributed by atoms with Crippen molar-refractivity contribution < 1.29 is 67.9 Å². The summed E-state index contributed by atoms with van der Waals surface area (Å²) in [6, 6.07) is 13.2. The van der Waals surface area contributed by atoms with E-state index in [-0.39, 0.29) is 72.3 Å². The molecule has 0 spiro atoms. The van der Waals surface area contributed by atoms with Crippen LogP contribution in [0.15, 0.2) is 72.3 Å². The molecule has 0 radical (unpaired) electrons. The fraction of sp³-hybridized carbons (Fsp3) is 0.571. The Bertz CT molecular complexity index is 2670. The van der Waals surface area contributed by atoms with E-state index in [0.717, 1.165) is 55.2 Å². The largest absolute Gasteiger partial charge is 0.481 e. The molecule has 2 aromatic rings. The lowest BCUT2D eigenvalue weighted by molar-refractivity contribution is -0.201. The summed E-state index contributed by atoms with van der Waals surface area (Å²) in [5.41, 5.74) is 0.932. The molecule has 10 atom stereocenters. The molecule has 8 N–H and O–H groups in total. The van der Waals surface area contributed by atoms with Crippen LogP contribution in [0, 0.1) is 34.0 Å². The molecule has 0 aromatic heterocycles. The zero-order valence-electron chi connectivity index (χ0n) is 42.9. The number of hydrogen-bond donors (Lipinski definition) is 8. The number of anilines is 1. The molecule has 7 aliphatic carbocycles. The number of aliphatic hydroxyl groups is 2. The number of allylic oxidation sites excluding steroid dienone is 4. The van der Waals surface area contributed by atoms with Crippen molar-refractivity contribution in [2.45, 2.75) is 153 Å². The van der Waals surface area contributed by atoms with E-state index in [4.69, 9.17) is 14.2 Å². The molecular weight excluding hydrogens is 967 g/mol. The number of carboxylic acids is 1. The lowest BCUT2D eigenvalue weighted by Crippen LogP contribution is -2.75. The van der Waals surface area contributed by atoms with Gasteiger partial charge in [-0.25, -0.2) is 4.79 Å². The Morgan fingerprint density at radius 1 is 0.880 bits per heavy atom. The number of rotatable bonds is 20. The molecule has 10 rings (SSSR count). The third kappa shape index (κ3) is 10.4. The van der Waals surface area contributed by atoms with Crippen LogP contribution >= 0.6 is 0 Å². The van der Waals surface area contributed by atoms with Crippen LogP contribution in [0.4, 0.5) is 10.5 Å². The molecule has 7 fully saturated rings. The third-order valence-corrected chi connectivity index (χ3v) is 17.5. The summed E-state index contributed by atoms with van der Waals surface area (Å²) in [6.07, 6.45) is 7.31. The molecule has 2 aromatic carbocycles. The van der Waals surface area contributed by atoms with Crippen molar-refractivity contribution in [2.24, 2.45) is 34.0 Å². The van der Waals surface area contributed by atoms with Gasteiger partial charge in [-0.2, -0.15) is 0 Å². The van der Waals surface area contributed by atoms with Crippen LogP contribution in [-0.4, -0.2) is 111 Å². The summed E-state index contributed by atoms with van der Waals surface area (Å²) in [7, 11) is 0. The number of alkyl carbamates (subject to hydrolysis) is 1. The number of carboxylic acid groups (broad SMARTS) is 1. The lowest BCUT2D eigenvalue weighted by atomic mass is 9.38. The number of aliphatic hydroxyl groups excluding tert-OH is 2. The van der Waals surface area contributed by atoms with Crippen molar-refractivity contribution in [1.29, 1.82) is 0 Å². The predicted octanol–water partition coefficient (Wildman–Crippen LogP) is 4.39. The third-order valence-electron chi connectivity index (χ3n) is 17.5. The van der Waals surface area contributed by atoms with Crippen LogP contribution in [0.2, 0.25) is 0 Å². The highest BCUT2D eigenvalue weighted by molar-refractivity contribution is 6.01. The maximum absolute atomic E-state index is 14.0. The van der Waals surface area contributed by atoms with E-state index >= 15 is 0 Å². The second-order valence-corrected chi connectivity index (χ2v) is 23.0. The SMILES string of the molecule is CC(C)NC(=O)CCC(=O)NCC(=O)N[C@@H](CCC(=O)O)C(=O)Nc1ccc(COC(=O)NC23CC(Cc4ccc([C@@H]5O[C@@H]6C[C@H]7[C@@H]8CCC9=CC(=O)C=C[C@]9(C)[C@H]8[C@@H](O)C[C@]7(C)[C@]6(C(=O)CO)O5)cc4)(C2)C3)cc1. The van der Waals surface area contributed by atoms with E-state index in [0.29, 0.717) is 24.1 Å². The molecule has 0 unspecified atom stereocenters. The van der Waals surface area contributed by atoms with Crippen LogP contribution in [0.5, 0.6) is 0 Å². The Morgan fingerprint density at radius 2 is 1.57 bits per heavy atom. The number of fused-ring (bicyclic) bond motifs is 7. The lowest BCUT2D eigenvalue weighted by Gasteiger charge is -2.70. The number of amides is 5. The Balaban J connectivity index is 0.720. The summed E-state index contributed by atoms with van der Waals surface area (Å²) in [5, 5.41) is 44.8. The van der Waals surface area contributed by atoms with Gasteiger partial charge in [-0.15, -0.1) is 0 Å². The van der Waals surface area contributed by atoms with Gasteiger partial charge in [0.2, 0.25) is 23.6 Å². The molecule has 75 heavy (non-hydrogen) atoms. The molecular formula is C56H69N5O14. The van der Waals surface area contributed by atoms with Crippen molar-refractivity contribution in [3.05, 3.63) is 89.0 Å². The Hall–Kier alpha value is -6.28. The summed E-state index contributed by atoms with van der Waals surface area (Å²) >= 11 is 0. The fourth-order valence-electron chi connectivity index (χ4n) is 14.4. The van der Waals surface area contributed by atoms with E-state index in [1.54, 1.807) is 50.3 Å². The number of hydrogen-bond acceptors (Lipinski definition) is 13. The Morgan fingerprint density at radius 3 is 2.25 bits per heavy atom. The molecule has 1 saturated heterocycles. The second-order valence-electron chi connectivity index (χ2n) is 23.0.